The molecule has 0 unspecified atom stereocenters. The maximum Gasteiger partial charge on any atom is 0.261 e. The molecule has 0 bridgehead atoms. The summed E-state index contributed by atoms with van der Waals surface area (Å²) in [5.74, 6) is 0.883. The molecule has 0 saturated carbocycles. The fourth-order valence-electron chi connectivity index (χ4n) is 1.93. The lowest BCUT2D eigenvalue weighted by molar-refractivity contribution is 0.0957. The summed E-state index contributed by atoms with van der Waals surface area (Å²) in [6.07, 6.45) is 1.58. The topological polar surface area (TPSA) is 72.7 Å². The van der Waals surface area contributed by atoms with Crippen molar-refractivity contribution < 1.29 is 18.7 Å². The molecule has 1 amide bonds. The summed E-state index contributed by atoms with van der Waals surface area (Å²) >= 11 is 5.12. The standard InChI is InChI=1S/C17H20N2O4S/c1-2-21-10-11-23-15-8-4-3-7-14(15)16(20)19-17(24)18-12-13-6-5-9-22-13/h3-9H,2,10-12H2,1H3,(H2,18,19,20,24). The lowest BCUT2D eigenvalue weighted by atomic mass is 10.2. The van der Waals surface area contributed by atoms with Gasteiger partial charge in [-0.1, -0.05) is 12.1 Å². The van der Waals surface area contributed by atoms with Gasteiger partial charge in [0.15, 0.2) is 5.11 Å². The van der Waals surface area contributed by atoms with Gasteiger partial charge in [0, 0.05) is 6.61 Å². The molecule has 1 aromatic heterocycles. The van der Waals surface area contributed by atoms with Gasteiger partial charge in [-0.3, -0.25) is 10.1 Å². The average molecular weight is 348 g/mol. The van der Waals surface area contributed by atoms with Crippen LogP contribution in [0.15, 0.2) is 47.1 Å². The van der Waals surface area contributed by atoms with Crippen molar-refractivity contribution in [3.8, 4) is 5.75 Å². The minimum atomic E-state index is -0.334. The van der Waals surface area contributed by atoms with Crippen molar-refractivity contribution in [2.45, 2.75) is 13.5 Å². The van der Waals surface area contributed by atoms with E-state index in [4.69, 9.17) is 26.1 Å². The highest BCUT2D eigenvalue weighted by molar-refractivity contribution is 7.80. The monoisotopic (exact) mass is 348 g/mol. The number of furan rings is 1. The number of ether oxygens (including phenoxy) is 2. The van der Waals surface area contributed by atoms with E-state index < -0.39 is 0 Å². The lowest BCUT2D eigenvalue weighted by Gasteiger charge is -2.12. The maximum absolute atomic E-state index is 12.4. The number of carbonyl (C=O) groups is 1. The van der Waals surface area contributed by atoms with Gasteiger partial charge < -0.3 is 19.2 Å². The van der Waals surface area contributed by atoms with E-state index in [2.05, 4.69) is 10.6 Å². The Hall–Kier alpha value is -2.38. The molecular weight excluding hydrogens is 328 g/mol. The summed E-state index contributed by atoms with van der Waals surface area (Å²) in [6, 6.07) is 10.6. The molecule has 0 atom stereocenters. The molecule has 0 aliphatic heterocycles. The summed E-state index contributed by atoms with van der Waals surface area (Å²) in [5.41, 5.74) is 0.413. The third kappa shape index (κ3) is 5.68. The Balaban J connectivity index is 1.87. The van der Waals surface area contributed by atoms with Crippen molar-refractivity contribution in [2.75, 3.05) is 19.8 Å². The van der Waals surface area contributed by atoms with Gasteiger partial charge >= 0.3 is 0 Å². The Labute approximate surface area is 146 Å². The van der Waals surface area contributed by atoms with Crippen molar-refractivity contribution in [2.24, 2.45) is 0 Å². The molecule has 0 fully saturated rings. The van der Waals surface area contributed by atoms with Crippen LogP contribution < -0.4 is 15.4 Å². The number of carbonyl (C=O) groups excluding carboxylic acids is 1. The van der Waals surface area contributed by atoms with Gasteiger partial charge in [0.05, 0.1) is 25.0 Å². The number of amides is 1. The number of rotatable bonds is 8. The van der Waals surface area contributed by atoms with Crippen LogP contribution in [0.2, 0.25) is 0 Å². The zero-order valence-electron chi connectivity index (χ0n) is 13.4. The Morgan fingerprint density at radius 1 is 1.21 bits per heavy atom. The second kappa shape index (κ2) is 9.69. The first-order chi connectivity index (χ1) is 11.7. The van der Waals surface area contributed by atoms with Gasteiger partial charge in [-0.15, -0.1) is 0 Å². The largest absolute Gasteiger partial charge is 0.490 e. The third-order valence-electron chi connectivity index (χ3n) is 3.05. The molecule has 2 aromatic rings. The van der Waals surface area contributed by atoms with E-state index in [1.54, 1.807) is 36.6 Å². The predicted octanol–water partition coefficient (Wildman–Crippen LogP) is 2.50. The van der Waals surface area contributed by atoms with Crippen molar-refractivity contribution >= 4 is 23.2 Å². The maximum atomic E-state index is 12.4. The summed E-state index contributed by atoms with van der Waals surface area (Å²) in [6.45, 7) is 3.78. The summed E-state index contributed by atoms with van der Waals surface area (Å²) in [4.78, 5) is 12.4. The normalized spacial score (nSPS) is 10.2. The van der Waals surface area contributed by atoms with Gasteiger partial charge in [0.1, 0.15) is 18.1 Å². The first-order valence-electron chi connectivity index (χ1n) is 7.62. The second-order valence-electron chi connectivity index (χ2n) is 4.76. The predicted molar refractivity (Wildman–Crippen MR) is 94.0 cm³/mol. The Morgan fingerprint density at radius 2 is 2.04 bits per heavy atom. The van der Waals surface area contributed by atoms with Crippen LogP contribution in [0.25, 0.3) is 0 Å². The van der Waals surface area contributed by atoms with Gasteiger partial charge in [-0.25, -0.2) is 0 Å². The second-order valence-corrected chi connectivity index (χ2v) is 5.17. The highest BCUT2D eigenvalue weighted by Crippen LogP contribution is 2.17. The molecular formula is C17H20N2O4S. The quantitative estimate of drug-likeness (QED) is 0.564. The van der Waals surface area contributed by atoms with E-state index in [0.29, 0.717) is 37.7 Å². The van der Waals surface area contributed by atoms with Crippen LogP contribution in [0.5, 0.6) is 5.75 Å². The van der Waals surface area contributed by atoms with Gasteiger partial charge in [0.25, 0.3) is 5.91 Å². The SMILES string of the molecule is CCOCCOc1ccccc1C(=O)NC(=S)NCc1ccco1. The number of para-hydroxylation sites is 1. The van der Waals surface area contributed by atoms with Gasteiger partial charge in [-0.05, 0) is 43.4 Å². The molecule has 1 aromatic carbocycles. The Morgan fingerprint density at radius 3 is 2.79 bits per heavy atom. The fourth-order valence-corrected chi connectivity index (χ4v) is 2.10. The molecule has 24 heavy (non-hydrogen) atoms. The number of hydrogen-bond acceptors (Lipinski definition) is 5. The van der Waals surface area contributed by atoms with Crippen molar-refractivity contribution in [3.05, 3.63) is 54.0 Å². The number of nitrogens with one attached hydrogen (secondary N) is 2. The van der Waals surface area contributed by atoms with Crippen LogP contribution in [-0.2, 0) is 11.3 Å². The fraction of sp³-hybridized carbons (Fsp3) is 0.294. The first-order valence-corrected chi connectivity index (χ1v) is 8.02. The molecule has 7 heteroatoms. The van der Waals surface area contributed by atoms with Crippen LogP contribution in [-0.4, -0.2) is 30.8 Å². The zero-order valence-corrected chi connectivity index (χ0v) is 14.2. The molecule has 0 radical (unpaired) electrons. The molecule has 0 aliphatic rings. The summed E-state index contributed by atoms with van der Waals surface area (Å²) in [7, 11) is 0. The molecule has 128 valence electrons. The van der Waals surface area contributed by atoms with E-state index in [-0.39, 0.29) is 11.0 Å². The number of hydrogen-bond donors (Lipinski definition) is 2. The van der Waals surface area contributed by atoms with E-state index in [1.807, 2.05) is 13.0 Å². The van der Waals surface area contributed by atoms with E-state index >= 15 is 0 Å². The summed E-state index contributed by atoms with van der Waals surface area (Å²) in [5, 5.41) is 5.76. The molecule has 6 nitrogen and oxygen atoms in total. The van der Waals surface area contributed by atoms with Gasteiger partial charge in [0.2, 0.25) is 0 Å². The van der Waals surface area contributed by atoms with Crippen LogP contribution in [0.4, 0.5) is 0 Å². The van der Waals surface area contributed by atoms with Gasteiger partial charge in [-0.2, -0.15) is 0 Å². The first kappa shape index (κ1) is 18.0. The molecule has 1 heterocycles. The third-order valence-corrected chi connectivity index (χ3v) is 3.30. The van der Waals surface area contributed by atoms with Crippen molar-refractivity contribution in [3.63, 3.8) is 0 Å². The number of benzene rings is 1. The highest BCUT2D eigenvalue weighted by atomic mass is 32.1. The highest BCUT2D eigenvalue weighted by Gasteiger charge is 2.13. The van der Waals surface area contributed by atoms with Crippen LogP contribution in [0, 0.1) is 0 Å². The number of thiocarbonyl (C=S) groups is 1. The summed E-state index contributed by atoms with van der Waals surface area (Å²) < 4.78 is 16.0. The van der Waals surface area contributed by atoms with E-state index in [1.165, 1.54) is 0 Å². The molecule has 0 aliphatic carbocycles. The minimum absolute atomic E-state index is 0.223. The average Bonchev–Trinajstić information content (AvgIpc) is 3.11. The molecule has 2 N–H and O–H groups in total. The molecule has 2 rings (SSSR count). The molecule has 0 spiro atoms. The zero-order chi connectivity index (χ0) is 17.2. The van der Waals surface area contributed by atoms with E-state index in [9.17, 15) is 4.79 Å². The van der Waals surface area contributed by atoms with Crippen LogP contribution in [0.1, 0.15) is 23.0 Å². The smallest absolute Gasteiger partial charge is 0.261 e. The van der Waals surface area contributed by atoms with Crippen LogP contribution >= 0.6 is 12.2 Å². The Kier molecular flexibility index (Phi) is 7.25. The van der Waals surface area contributed by atoms with Crippen LogP contribution in [0.3, 0.4) is 0 Å². The minimum Gasteiger partial charge on any atom is -0.490 e. The Bertz CT molecular complexity index is 658. The lowest BCUT2D eigenvalue weighted by Crippen LogP contribution is -2.38. The molecule has 0 saturated heterocycles. The van der Waals surface area contributed by atoms with E-state index in [0.717, 1.165) is 5.76 Å². The van der Waals surface area contributed by atoms with Crippen molar-refractivity contribution in [1.82, 2.24) is 10.6 Å². The van der Waals surface area contributed by atoms with Crippen molar-refractivity contribution in [1.29, 1.82) is 0 Å².